The number of aromatic nitrogens is 2. The number of hydrogen-bond acceptors (Lipinski definition) is 4. The number of oxazole rings is 1. The van der Waals surface area contributed by atoms with E-state index in [9.17, 15) is 4.79 Å². The van der Waals surface area contributed by atoms with Gasteiger partial charge in [-0.2, -0.15) is 0 Å². The highest BCUT2D eigenvalue weighted by Crippen LogP contribution is 2.24. The molecular formula is C23H19N3O2. The summed E-state index contributed by atoms with van der Waals surface area (Å²) in [7, 11) is 0. The first-order valence-corrected chi connectivity index (χ1v) is 9.42. The number of fused-ring (bicyclic) bond motifs is 2. The minimum atomic E-state index is -0.0115. The van der Waals surface area contributed by atoms with Gasteiger partial charge in [0.2, 0.25) is 0 Å². The molecule has 0 N–H and O–H groups in total. The van der Waals surface area contributed by atoms with Crippen LogP contribution in [-0.2, 0) is 19.4 Å². The van der Waals surface area contributed by atoms with Crippen LogP contribution in [0.1, 0.15) is 33.3 Å². The molecule has 2 aromatic carbocycles. The van der Waals surface area contributed by atoms with Gasteiger partial charge in [-0.25, -0.2) is 4.98 Å². The minimum Gasteiger partial charge on any atom is -0.445 e. The highest BCUT2D eigenvalue weighted by atomic mass is 16.4. The molecule has 0 spiro atoms. The summed E-state index contributed by atoms with van der Waals surface area (Å²) < 4.78 is 5.95. The summed E-state index contributed by atoms with van der Waals surface area (Å²) in [5.74, 6) is 1.59. The minimum absolute atomic E-state index is 0.0115. The van der Waals surface area contributed by atoms with Crippen LogP contribution in [0, 0.1) is 0 Å². The molecule has 5 nitrogen and oxygen atoms in total. The van der Waals surface area contributed by atoms with Gasteiger partial charge < -0.3 is 9.32 Å². The molecule has 0 fully saturated rings. The van der Waals surface area contributed by atoms with Crippen LogP contribution >= 0.6 is 0 Å². The molecule has 5 rings (SSSR count). The zero-order valence-electron chi connectivity index (χ0n) is 15.3. The molecule has 1 amide bonds. The Morgan fingerprint density at radius 1 is 1.04 bits per heavy atom. The third-order valence-corrected chi connectivity index (χ3v) is 5.12. The first kappa shape index (κ1) is 16.7. The molecule has 0 bridgehead atoms. The summed E-state index contributed by atoms with van der Waals surface area (Å²) in [5, 5.41) is 0.970. The molecule has 0 saturated heterocycles. The van der Waals surface area contributed by atoms with Crippen LogP contribution in [0.3, 0.4) is 0 Å². The number of benzene rings is 2. The van der Waals surface area contributed by atoms with Gasteiger partial charge in [-0.05, 0) is 17.7 Å². The van der Waals surface area contributed by atoms with Gasteiger partial charge in [-0.3, -0.25) is 9.78 Å². The number of nitrogens with zero attached hydrogens (tertiary/aromatic N) is 3. The second-order valence-corrected chi connectivity index (χ2v) is 7.00. The fourth-order valence-corrected chi connectivity index (χ4v) is 3.72. The molecule has 0 radical (unpaired) electrons. The molecule has 5 heteroatoms. The van der Waals surface area contributed by atoms with Gasteiger partial charge in [0.1, 0.15) is 11.5 Å². The predicted octanol–water partition coefficient (Wildman–Crippen LogP) is 4.01. The summed E-state index contributed by atoms with van der Waals surface area (Å²) in [6.45, 7) is 1.09. The Morgan fingerprint density at radius 3 is 2.79 bits per heavy atom. The Morgan fingerprint density at radius 2 is 1.89 bits per heavy atom. The van der Waals surface area contributed by atoms with Gasteiger partial charge >= 0.3 is 0 Å². The lowest BCUT2D eigenvalue weighted by atomic mass is 10.1. The van der Waals surface area contributed by atoms with E-state index in [1.54, 1.807) is 6.20 Å². The van der Waals surface area contributed by atoms with Crippen LogP contribution in [0.5, 0.6) is 0 Å². The Kier molecular flexibility index (Phi) is 4.13. The second-order valence-electron chi connectivity index (χ2n) is 7.00. The van der Waals surface area contributed by atoms with E-state index in [1.165, 1.54) is 0 Å². The topological polar surface area (TPSA) is 59.2 Å². The van der Waals surface area contributed by atoms with Gasteiger partial charge in [0, 0.05) is 31.0 Å². The van der Waals surface area contributed by atoms with Crippen molar-refractivity contribution in [2.75, 3.05) is 6.54 Å². The quantitative estimate of drug-likeness (QED) is 0.547. The lowest BCUT2D eigenvalue weighted by molar-refractivity contribution is 0.0729. The standard InChI is InChI=1S/C23H19N3O2/c27-23(18-10-4-8-17-9-5-12-24-22(17)18)26-13-11-20-19(15-26)25-21(28-20)14-16-6-2-1-3-7-16/h1-10,12H,11,13-15H2. The van der Waals surface area contributed by atoms with Crippen molar-refractivity contribution in [3.05, 3.63) is 95.3 Å². The Hall–Kier alpha value is -3.47. The first-order valence-electron chi connectivity index (χ1n) is 9.42. The van der Waals surface area contributed by atoms with Gasteiger partial charge in [0.05, 0.1) is 17.6 Å². The Bertz CT molecular complexity index is 1150. The third kappa shape index (κ3) is 3.05. The lowest BCUT2D eigenvalue weighted by Gasteiger charge is -2.25. The number of rotatable bonds is 3. The van der Waals surface area contributed by atoms with Crippen molar-refractivity contribution in [3.63, 3.8) is 0 Å². The maximum Gasteiger partial charge on any atom is 0.256 e. The van der Waals surface area contributed by atoms with E-state index in [0.29, 0.717) is 37.4 Å². The number of para-hydroxylation sites is 1. The van der Waals surface area contributed by atoms with Gasteiger partial charge in [0.25, 0.3) is 5.91 Å². The second kappa shape index (κ2) is 6.93. The summed E-state index contributed by atoms with van der Waals surface area (Å²) in [6.07, 6.45) is 3.07. The summed E-state index contributed by atoms with van der Waals surface area (Å²) in [5.41, 5.74) is 3.40. The average molecular weight is 369 g/mol. The Labute approximate surface area is 162 Å². The van der Waals surface area contributed by atoms with E-state index in [1.807, 2.05) is 53.4 Å². The van der Waals surface area contributed by atoms with E-state index in [2.05, 4.69) is 22.1 Å². The Balaban J connectivity index is 1.39. The maximum atomic E-state index is 13.1. The summed E-state index contributed by atoms with van der Waals surface area (Å²) >= 11 is 0. The van der Waals surface area contributed by atoms with Gasteiger partial charge in [0.15, 0.2) is 5.89 Å². The monoisotopic (exact) mass is 369 g/mol. The normalized spacial score (nSPS) is 13.5. The van der Waals surface area contributed by atoms with Gasteiger partial charge in [-0.1, -0.05) is 48.5 Å². The van der Waals surface area contributed by atoms with Crippen molar-refractivity contribution in [3.8, 4) is 0 Å². The van der Waals surface area contributed by atoms with E-state index in [-0.39, 0.29) is 5.91 Å². The van der Waals surface area contributed by atoms with E-state index in [4.69, 9.17) is 4.42 Å². The van der Waals surface area contributed by atoms with E-state index < -0.39 is 0 Å². The van der Waals surface area contributed by atoms with Gasteiger partial charge in [-0.15, -0.1) is 0 Å². The van der Waals surface area contributed by atoms with Crippen molar-refractivity contribution in [1.82, 2.24) is 14.9 Å². The molecule has 0 unspecified atom stereocenters. The van der Waals surface area contributed by atoms with Crippen molar-refractivity contribution in [2.24, 2.45) is 0 Å². The number of pyridine rings is 1. The van der Waals surface area contributed by atoms with Crippen LogP contribution in [-0.4, -0.2) is 27.3 Å². The van der Waals surface area contributed by atoms with Crippen LogP contribution in [0.15, 0.2) is 71.3 Å². The summed E-state index contributed by atoms with van der Waals surface area (Å²) in [4.78, 5) is 24.1. The zero-order chi connectivity index (χ0) is 18.9. The molecule has 28 heavy (non-hydrogen) atoms. The molecule has 0 atom stereocenters. The largest absolute Gasteiger partial charge is 0.445 e. The first-order chi connectivity index (χ1) is 13.8. The number of amides is 1. The predicted molar refractivity (Wildman–Crippen MR) is 106 cm³/mol. The van der Waals surface area contributed by atoms with Crippen LogP contribution in [0.4, 0.5) is 0 Å². The van der Waals surface area contributed by atoms with Crippen LogP contribution in [0.2, 0.25) is 0 Å². The van der Waals surface area contributed by atoms with Crippen molar-refractivity contribution in [2.45, 2.75) is 19.4 Å². The van der Waals surface area contributed by atoms with Crippen LogP contribution < -0.4 is 0 Å². The zero-order valence-corrected chi connectivity index (χ0v) is 15.3. The van der Waals surface area contributed by atoms with Crippen LogP contribution in [0.25, 0.3) is 10.9 Å². The molecule has 2 aromatic heterocycles. The summed E-state index contributed by atoms with van der Waals surface area (Å²) in [6, 6.07) is 19.7. The number of hydrogen-bond donors (Lipinski definition) is 0. The highest BCUT2D eigenvalue weighted by molar-refractivity contribution is 6.05. The maximum absolute atomic E-state index is 13.1. The highest BCUT2D eigenvalue weighted by Gasteiger charge is 2.27. The molecule has 0 saturated carbocycles. The molecule has 138 valence electrons. The van der Waals surface area contributed by atoms with Crippen molar-refractivity contribution in [1.29, 1.82) is 0 Å². The molecule has 1 aliphatic rings. The molecule has 3 heterocycles. The smallest absolute Gasteiger partial charge is 0.256 e. The number of carbonyl (C=O) groups excluding carboxylic acids is 1. The van der Waals surface area contributed by atoms with E-state index in [0.717, 1.165) is 27.9 Å². The van der Waals surface area contributed by atoms with E-state index >= 15 is 0 Å². The molecule has 4 aromatic rings. The molecule has 1 aliphatic heterocycles. The lowest BCUT2D eigenvalue weighted by Crippen LogP contribution is -2.36. The van der Waals surface area contributed by atoms with Crippen molar-refractivity contribution >= 4 is 16.8 Å². The van der Waals surface area contributed by atoms with Crippen molar-refractivity contribution < 1.29 is 9.21 Å². The average Bonchev–Trinajstić information content (AvgIpc) is 3.15. The molecule has 0 aliphatic carbocycles. The third-order valence-electron chi connectivity index (χ3n) is 5.12. The fraction of sp³-hybridized carbons (Fsp3) is 0.174. The SMILES string of the molecule is O=C(c1cccc2cccnc12)N1CCc2oc(Cc3ccccc3)nc2C1. The fourth-order valence-electron chi connectivity index (χ4n) is 3.72. The molecular weight excluding hydrogens is 350 g/mol. The number of carbonyl (C=O) groups is 1.